The van der Waals surface area contributed by atoms with E-state index in [9.17, 15) is 4.39 Å². The molecule has 0 bridgehead atoms. The van der Waals surface area contributed by atoms with Gasteiger partial charge in [0.15, 0.2) is 0 Å². The highest BCUT2D eigenvalue weighted by atomic mass is 19.1. The molecule has 0 heterocycles. The molecule has 0 N–H and O–H groups in total. The van der Waals surface area contributed by atoms with Gasteiger partial charge in [-0.15, -0.1) is 0 Å². The van der Waals surface area contributed by atoms with E-state index in [4.69, 9.17) is 0 Å². The lowest BCUT2D eigenvalue weighted by Crippen LogP contribution is -1.92. The van der Waals surface area contributed by atoms with E-state index in [-0.39, 0.29) is 11.7 Å². The van der Waals surface area contributed by atoms with Crippen molar-refractivity contribution in [2.75, 3.05) is 0 Å². The maximum absolute atomic E-state index is 13.2. The van der Waals surface area contributed by atoms with Gasteiger partial charge in [0.05, 0.1) is 0 Å². The molecule has 0 rings (SSSR count). The van der Waals surface area contributed by atoms with E-state index in [2.05, 4.69) is 0 Å². The van der Waals surface area contributed by atoms with Crippen LogP contribution in [0.25, 0.3) is 0 Å². The Kier molecular flexibility index (Phi) is 4.87. The maximum atomic E-state index is 13.2. The van der Waals surface area contributed by atoms with Crippen molar-refractivity contribution in [1.29, 1.82) is 0 Å². The lowest BCUT2D eigenvalue weighted by Gasteiger charge is -2.05. The van der Waals surface area contributed by atoms with Crippen molar-refractivity contribution in [2.24, 2.45) is 5.92 Å². The molecule has 1 atom stereocenters. The average Bonchev–Trinajstić information content (AvgIpc) is 2.02. The van der Waals surface area contributed by atoms with Crippen LogP contribution in [0.2, 0.25) is 0 Å². The van der Waals surface area contributed by atoms with Gasteiger partial charge in [0.2, 0.25) is 0 Å². The summed E-state index contributed by atoms with van der Waals surface area (Å²) in [6.45, 7) is 9.84. The van der Waals surface area contributed by atoms with Crippen LogP contribution in [0.3, 0.4) is 0 Å². The van der Waals surface area contributed by atoms with Gasteiger partial charge in [0, 0.05) is 5.92 Å². The zero-order chi connectivity index (χ0) is 9.72. The van der Waals surface area contributed by atoms with Crippen molar-refractivity contribution >= 4 is 0 Å². The van der Waals surface area contributed by atoms with Crippen LogP contribution in [0.5, 0.6) is 0 Å². The molecule has 1 unspecified atom stereocenters. The largest absolute Gasteiger partial charge is 0.212 e. The molecule has 0 nitrogen and oxygen atoms in total. The Hall–Kier alpha value is -0.590. The predicted octanol–water partition coefficient (Wildman–Crippen LogP) is 4.24. The predicted molar refractivity (Wildman–Crippen MR) is 52.7 cm³/mol. The van der Waals surface area contributed by atoms with Crippen LogP contribution in [-0.4, -0.2) is 0 Å². The molecule has 70 valence electrons. The van der Waals surface area contributed by atoms with E-state index in [1.54, 1.807) is 6.08 Å². The Balaban J connectivity index is 4.46. The first-order chi connectivity index (χ1) is 5.49. The van der Waals surface area contributed by atoms with Gasteiger partial charge >= 0.3 is 0 Å². The van der Waals surface area contributed by atoms with Gasteiger partial charge in [0.25, 0.3) is 0 Å². The fraction of sp³-hybridized carbons (Fsp3) is 0.636. The Morgan fingerprint density at radius 3 is 2.17 bits per heavy atom. The summed E-state index contributed by atoms with van der Waals surface area (Å²) in [5, 5.41) is 0. The Morgan fingerprint density at radius 2 is 1.83 bits per heavy atom. The fourth-order valence-electron chi connectivity index (χ4n) is 0.688. The standard InChI is InChI=1S/C11H19F/c1-6-9(4)11(12)7-10(5)8(2)3/h7,9H,6H2,1-5H3/b11-7+. The number of hydrogen-bond acceptors (Lipinski definition) is 0. The topological polar surface area (TPSA) is 0 Å². The second kappa shape index (κ2) is 5.13. The van der Waals surface area contributed by atoms with Crippen LogP contribution in [-0.2, 0) is 0 Å². The van der Waals surface area contributed by atoms with E-state index in [0.29, 0.717) is 0 Å². The molecule has 0 saturated heterocycles. The van der Waals surface area contributed by atoms with E-state index in [1.807, 2.05) is 34.6 Å². The molecule has 0 aromatic heterocycles. The summed E-state index contributed by atoms with van der Waals surface area (Å²) in [6.07, 6.45) is 2.50. The van der Waals surface area contributed by atoms with Gasteiger partial charge in [-0.2, -0.15) is 0 Å². The van der Waals surface area contributed by atoms with Gasteiger partial charge in [-0.1, -0.05) is 19.4 Å². The van der Waals surface area contributed by atoms with Crippen LogP contribution < -0.4 is 0 Å². The van der Waals surface area contributed by atoms with Crippen LogP contribution in [0.1, 0.15) is 41.0 Å². The average molecular weight is 170 g/mol. The summed E-state index contributed by atoms with van der Waals surface area (Å²) in [5.41, 5.74) is 2.21. The Morgan fingerprint density at radius 1 is 1.33 bits per heavy atom. The van der Waals surface area contributed by atoms with Crippen molar-refractivity contribution in [2.45, 2.75) is 41.0 Å². The fourth-order valence-corrected chi connectivity index (χ4v) is 0.688. The highest BCUT2D eigenvalue weighted by molar-refractivity contribution is 5.23. The quantitative estimate of drug-likeness (QED) is 0.556. The molecule has 0 fully saturated rings. The molecule has 0 aromatic rings. The monoisotopic (exact) mass is 170 g/mol. The van der Waals surface area contributed by atoms with Crippen molar-refractivity contribution < 1.29 is 4.39 Å². The molecule has 0 aliphatic carbocycles. The van der Waals surface area contributed by atoms with Gasteiger partial charge < -0.3 is 0 Å². The molecule has 0 spiro atoms. The molecule has 0 aliphatic rings. The van der Waals surface area contributed by atoms with Crippen molar-refractivity contribution in [3.8, 4) is 0 Å². The van der Waals surface area contributed by atoms with Crippen LogP contribution in [0.4, 0.5) is 4.39 Å². The Bertz CT molecular complexity index is 195. The number of allylic oxidation sites excluding steroid dienone is 4. The second-order valence-corrected chi connectivity index (χ2v) is 3.52. The van der Waals surface area contributed by atoms with Gasteiger partial charge in [-0.05, 0) is 38.8 Å². The third-order valence-electron chi connectivity index (χ3n) is 2.23. The second-order valence-electron chi connectivity index (χ2n) is 3.52. The molecule has 0 amide bonds. The van der Waals surface area contributed by atoms with Crippen molar-refractivity contribution in [1.82, 2.24) is 0 Å². The minimum absolute atomic E-state index is 0.00352. The summed E-state index contributed by atoms with van der Waals surface area (Å²) in [4.78, 5) is 0. The Labute approximate surface area is 75.2 Å². The SMILES string of the molecule is CCC(C)/C(F)=C\C(C)=C(C)C. The first-order valence-corrected chi connectivity index (χ1v) is 4.50. The molecule has 12 heavy (non-hydrogen) atoms. The minimum Gasteiger partial charge on any atom is -0.212 e. The third-order valence-corrected chi connectivity index (χ3v) is 2.23. The summed E-state index contributed by atoms with van der Waals surface area (Å²) in [6, 6.07) is 0. The number of halogens is 1. The zero-order valence-electron chi connectivity index (χ0n) is 8.74. The number of hydrogen-bond donors (Lipinski definition) is 0. The molecular formula is C11H19F. The first kappa shape index (κ1) is 11.4. The normalized spacial score (nSPS) is 14.3. The van der Waals surface area contributed by atoms with Crippen molar-refractivity contribution in [3.63, 3.8) is 0 Å². The van der Waals surface area contributed by atoms with E-state index >= 15 is 0 Å². The zero-order valence-corrected chi connectivity index (χ0v) is 8.74. The highest BCUT2D eigenvalue weighted by Crippen LogP contribution is 2.18. The molecule has 1 heteroatoms. The van der Waals surface area contributed by atoms with Gasteiger partial charge in [0.1, 0.15) is 5.83 Å². The van der Waals surface area contributed by atoms with Crippen LogP contribution >= 0.6 is 0 Å². The molecular weight excluding hydrogens is 151 g/mol. The molecule has 0 radical (unpaired) electrons. The van der Waals surface area contributed by atoms with Crippen LogP contribution in [0, 0.1) is 5.92 Å². The summed E-state index contributed by atoms with van der Waals surface area (Å²) in [5.74, 6) is 0.0514. The highest BCUT2D eigenvalue weighted by Gasteiger charge is 2.04. The van der Waals surface area contributed by atoms with E-state index < -0.39 is 0 Å². The van der Waals surface area contributed by atoms with Crippen molar-refractivity contribution in [3.05, 3.63) is 23.0 Å². The van der Waals surface area contributed by atoms with E-state index in [1.165, 1.54) is 5.57 Å². The van der Waals surface area contributed by atoms with Crippen LogP contribution in [0.15, 0.2) is 23.0 Å². The molecule has 0 aromatic carbocycles. The summed E-state index contributed by atoms with van der Waals surface area (Å²) in [7, 11) is 0. The molecule has 0 saturated carbocycles. The first-order valence-electron chi connectivity index (χ1n) is 4.50. The minimum atomic E-state index is -0.00352. The summed E-state index contributed by atoms with van der Waals surface area (Å²) < 4.78 is 13.2. The smallest absolute Gasteiger partial charge is 0.103 e. The molecule has 0 aliphatic heterocycles. The lowest BCUT2D eigenvalue weighted by molar-refractivity contribution is 0.482. The van der Waals surface area contributed by atoms with Gasteiger partial charge in [-0.25, -0.2) is 4.39 Å². The maximum Gasteiger partial charge on any atom is 0.103 e. The number of rotatable bonds is 3. The third kappa shape index (κ3) is 3.70. The summed E-state index contributed by atoms with van der Waals surface area (Å²) >= 11 is 0. The lowest BCUT2D eigenvalue weighted by atomic mass is 10.0. The van der Waals surface area contributed by atoms with E-state index in [0.717, 1.165) is 12.0 Å². The van der Waals surface area contributed by atoms with Gasteiger partial charge in [-0.3, -0.25) is 0 Å².